The van der Waals surface area contributed by atoms with E-state index < -0.39 is 12.8 Å². The van der Waals surface area contributed by atoms with Gasteiger partial charge in [0.1, 0.15) is 12.4 Å². The van der Waals surface area contributed by atoms with Gasteiger partial charge in [-0.2, -0.15) is 13.2 Å². The lowest BCUT2D eigenvalue weighted by molar-refractivity contribution is -0.174. The molecule has 17 heavy (non-hydrogen) atoms. The van der Waals surface area contributed by atoms with Crippen molar-refractivity contribution < 1.29 is 27.4 Å². The fraction of sp³-hybridized carbons (Fsp3) is 0.909. The van der Waals surface area contributed by atoms with Crippen LogP contribution in [-0.2, 0) is 14.3 Å². The highest BCUT2D eigenvalue weighted by atomic mass is 19.4. The van der Waals surface area contributed by atoms with Crippen molar-refractivity contribution in [3.05, 3.63) is 0 Å². The summed E-state index contributed by atoms with van der Waals surface area (Å²) in [4.78, 5) is 11.4. The molecule has 100 valence electrons. The molecule has 0 aliphatic carbocycles. The van der Waals surface area contributed by atoms with Crippen LogP contribution in [0.2, 0.25) is 0 Å². The molecular weight excluding hydrogens is 237 g/mol. The third-order valence-corrected chi connectivity index (χ3v) is 2.49. The summed E-state index contributed by atoms with van der Waals surface area (Å²) in [5, 5.41) is 0. The number of hydrogen-bond acceptors (Lipinski definition) is 3. The number of ether oxygens (including phenoxy) is 2. The van der Waals surface area contributed by atoms with Gasteiger partial charge in [-0.3, -0.25) is 4.79 Å². The molecule has 1 unspecified atom stereocenters. The van der Waals surface area contributed by atoms with Crippen LogP contribution in [0.5, 0.6) is 0 Å². The molecular formula is C11H17F3O3. The summed E-state index contributed by atoms with van der Waals surface area (Å²) < 4.78 is 44.8. The Morgan fingerprint density at radius 1 is 1.41 bits per heavy atom. The zero-order valence-electron chi connectivity index (χ0n) is 9.59. The van der Waals surface area contributed by atoms with Crippen molar-refractivity contribution >= 4 is 5.78 Å². The van der Waals surface area contributed by atoms with E-state index in [2.05, 4.69) is 4.74 Å². The van der Waals surface area contributed by atoms with Gasteiger partial charge in [-0.05, 0) is 19.3 Å². The molecule has 0 spiro atoms. The second kappa shape index (κ2) is 6.96. The summed E-state index contributed by atoms with van der Waals surface area (Å²) in [7, 11) is 0. The number of carbonyl (C=O) groups is 1. The van der Waals surface area contributed by atoms with Crippen LogP contribution in [0.4, 0.5) is 13.2 Å². The summed E-state index contributed by atoms with van der Waals surface area (Å²) in [6.07, 6.45) is -1.43. The lowest BCUT2D eigenvalue weighted by Crippen LogP contribution is -2.18. The van der Waals surface area contributed by atoms with Crippen molar-refractivity contribution in [2.45, 2.75) is 44.4 Å². The van der Waals surface area contributed by atoms with E-state index in [-0.39, 0.29) is 24.9 Å². The molecule has 3 nitrogen and oxygen atoms in total. The Kier molecular flexibility index (Phi) is 5.91. The molecule has 0 aromatic carbocycles. The van der Waals surface area contributed by atoms with Gasteiger partial charge in [-0.1, -0.05) is 0 Å². The topological polar surface area (TPSA) is 35.5 Å². The van der Waals surface area contributed by atoms with Gasteiger partial charge in [0.25, 0.3) is 0 Å². The SMILES string of the molecule is O=C(CCCOCC(F)(F)F)CC1CCCO1. The van der Waals surface area contributed by atoms with E-state index in [0.717, 1.165) is 12.8 Å². The van der Waals surface area contributed by atoms with Gasteiger partial charge in [0, 0.05) is 26.1 Å². The first-order chi connectivity index (χ1) is 7.97. The highest BCUT2D eigenvalue weighted by molar-refractivity contribution is 5.78. The number of Topliss-reactive ketones (excluding diaryl/α,β-unsaturated/α-hetero) is 1. The molecule has 1 rings (SSSR count). The predicted molar refractivity (Wildman–Crippen MR) is 54.7 cm³/mol. The second-order valence-corrected chi connectivity index (χ2v) is 4.15. The van der Waals surface area contributed by atoms with Gasteiger partial charge in [0.15, 0.2) is 0 Å². The van der Waals surface area contributed by atoms with Crippen molar-refractivity contribution in [1.82, 2.24) is 0 Å². The Bertz CT molecular complexity index is 235. The van der Waals surface area contributed by atoms with E-state index in [1.54, 1.807) is 0 Å². The molecule has 1 atom stereocenters. The standard InChI is InChI=1S/C11H17F3O3/c12-11(13,14)8-16-5-1-3-9(15)7-10-4-2-6-17-10/h10H,1-8H2. The summed E-state index contributed by atoms with van der Waals surface area (Å²) >= 11 is 0. The molecule has 0 saturated carbocycles. The smallest absolute Gasteiger partial charge is 0.378 e. The minimum absolute atomic E-state index is 0.0126. The van der Waals surface area contributed by atoms with Crippen molar-refractivity contribution in [2.24, 2.45) is 0 Å². The summed E-state index contributed by atoms with van der Waals surface area (Å²) in [6.45, 7) is -0.573. The molecule has 0 aromatic heterocycles. The maximum absolute atomic E-state index is 11.7. The Hall–Kier alpha value is -0.620. The van der Waals surface area contributed by atoms with Crippen molar-refractivity contribution in [3.63, 3.8) is 0 Å². The van der Waals surface area contributed by atoms with Crippen molar-refractivity contribution in [1.29, 1.82) is 0 Å². The molecule has 1 aliphatic rings. The molecule has 0 bridgehead atoms. The van der Waals surface area contributed by atoms with E-state index in [9.17, 15) is 18.0 Å². The maximum atomic E-state index is 11.7. The molecule has 1 saturated heterocycles. The van der Waals surface area contributed by atoms with Gasteiger partial charge in [0.05, 0.1) is 6.10 Å². The average molecular weight is 254 g/mol. The number of rotatable bonds is 7. The zero-order chi connectivity index (χ0) is 12.7. The van der Waals surface area contributed by atoms with Crippen LogP contribution in [-0.4, -0.2) is 37.9 Å². The highest BCUT2D eigenvalue weighted by Crippen LogP contribution is 2.17. The minimum Gasteiger partial charge on any atom is -0.378 e. The summed E-state index contributed by atoms with van der Waals surface area (Å²) in [6, 6.07) is 0. The Morgan fingerprint density at radius 3 is 2.76 bits per heavy atom. The zero-order valence-corrected chi connectivity index (χ0v) is 9.59. The maximum Gasteiger partial charge on any atom is 0.411 e. The highest BCUT2D eigenvalue weighted by Gasteiger charge is 2.27. The average Bonchev–Trinajstić information content (AvgIpc) is 2.68. The van der Waals surface area contributed by atoms with Gasteiger partial charge in [-0.15, -0.1) is 0 Å². The largest absolute Gasteiger partial charge is 0.411 e. The van der Waals surface area contributed by atoms with Gasteiger partial charge >= 0.3 is 6.18 Å². The fourth-order valence-corrected chi connectivity index (χ4v) is 1.72. The van der Waals surface area contributed by atoms with Crippen LogP contribution in [0.15, 0.2) is 0 Å². The molecule has 0 N–H and O–H groups in total. The third-order valence-electron chi connectivity index (χ3n) is 2.49. The van der Waals surface area contributed by atoms with E-state index in [1.807, 2.05) is 0 Å². The normalized spacial score (nSPS) is 20.8. The van der Waals surface area contributed by atoms with Crippen molar-refractivity contribution in [2.75, 3.05) is 19.8 Å². The van der Waals surface area contributed by atoms with Gasteiger partial charge in [-0.25, -0.2) is 0 Å². The molecule has 1 aliphatic heterocycles. The quantitative estimate of drug-likeness (QED) is 0.655. The number of carbonyl (C=O) groups excluding carboxylic acids is 1. The Balaban J connectivity index is 1.96. The van der Waals surface area contributed by atoms with Crippen molar-refractivity contribution in [3.8, 4) is 0 Å². The lowest BCUT2D eigenvalue weighted by Gasteiger charge is -2.09. The van der Waals surface area contributed by atoms with Gasteiger partial charge in [0.2, 0.25) is 0 Å². The third kappa shape index (κ3) is 7.33. The second-order valence-electron chi connectivity index (χ2n) is 4.15. The molecule has 0 radical (unpaired) electrons. The first-order valence-electron chi connectivity index (χ1n) is 5.75. The molecule has 6 heteroatoms. The number of ketones is 1. The first-order valence-corrected chi connectivity index (χ1v) is 5.75. The van der Waals surface area contributed by atoms with E-state index >= 15 is 0 Å². The van der Waals surface area contributed by atoms with E-state index in [1.165, 1.54) is 0 Å². The van der Waals surface area contributed by atoms with Crippen LogP contribution < -0.4 is 0 Å². The van der Waals surface area contributed by atoms with Crippen LogP contribution in [0.1, 0.15) is 32.1 Å². The van der Waals surface area contributed by atoms with E-state index in [0.29, 0.717) is 19.4 Å². The fourth-order valence-electron chi connectivity index (χ4n) is 1.72. The van der Waals surface area contributed by atoms with E-state index in [4.69, 9.17) is 4.74 Å². The molecule has 1 heterocycles. The number of alkyl halides is 3. The first kappa shape index (κ1) is 14.4. The monoisotopic (exact) mass is 254 g/mol. The molecule has 0 amide bonds. The summed E-state index contributed by atoms with van der Waals surface area (Å²) in [5.41, 5.74) is 0. The Morgan fingerprint density at radius 2 is 2.18 bits per heavy atom. The molecule has 1 fully saturated rings. The molecule has 0 aromatic rings. The van der Waals surface area contributed by atoms with Crippen LogP contribution in [0.3, 0.4) is 0 Å². The van der Waals surface area contributed by atoms with Crippen LogP contribution in [0.25, 0.3) is 0 Å². The lowest BCUT2D eigenvalue weighted by atomic mass is 10.1. The number of halogens is 3. The van der Waals surface area contributed by atoms with Crippen LogP contribution in [0, 0.1) is 0 Å². The Labute approximate surface area is 98.3 Å². The van der Waals surface area contributed by atoms with Crippen LogP contribution >= 0.6 is 0 Å². The van der Waals surface area contributed by atoms with Gasteiger partial charge < -0.3 is 9.47 Å². The number of hydrogen-bond donors (Lipinski definition) is 0. The minimum atomic E-state index is -4.29. The summed E-state index contributed by atoms with van der Waals surface area (Å²) in [5.74, 6) is 0.0347. The predicted octanol–water partition coefficient (Wildman–Crippen LogP) is 2.48.